The van der Waals surface area contributed by atoms with E-state index >= 15 is 0 Å². The van der Waals surface area contributed by atoms with E-state index in [1.807, 2.05) is 48.5 Å². The van der Waals surface area contributed by atoms with Gasteiger partial charge in [-0.2, -0.15) is 0 Å². The van der Waals surface area contributed by atoms with E-state index in [0.29, 0.717) is 27.2 Å². The van der Waals surface area contributed by atoms with Crippen molar-refractivity contribution in [3.63, 3.8) is 0 Å². The molecule has 0 atom stereocenters. The molecular weight excluding hydrogens is 384 g/mol. The van der Waals surface area contributed by atoms with Crippen LogP contribution in [0.25, 0.3) is 10.2 Å². The van der Waals surface area contributed by atoms with Crippen molar-refractivity contribution in [1.29, 1.82) is 0 Å². The summed E-state index contributed by atoms with van der Waals surface area (Å²) in [6.07, 6.45) is 1.58. The van der Waals surface area contributed by atoms with Gasteiger partial charge in [0, 0.05) is 0 Å². The molecule has 2 aromatic heterocycles. The number of aromatic nitrogens is 1. The number of benzene rings is 2. The lowest BCUT2D eigenvalue weighted by Crippen LogP contribution is -2.34. The Morgan fingerprint density at radius 3 is 2.70 bits per heavy atom. The lowest BCUT2D eigenvalue weighted by atomic mass is 10.3. The highest BCUT2D eigenvalue weighted by Crippen LogP contribution is 2.33. The number of rotatable bonds is 6. The van der Waals surface area contributed by atoms with Crippen molar-refractivity contribution in [3.05, 3.63) is 77.7 Å². The predicted molar refractivity (Wildman–Crippen MR) is 106 cm³/mol. The Hall–Kier alpha value is -2.83. The molecule has 2 aromatic carbocycles. The number of amides is 1. The molecule has 0 aliphatic heterocycles. The molecule has 0 unspecified atom stereocenters. The first kappa shape index (κ1) is 17.6. The summed E-state index contributed by atoms with van der Waals surface area (Å²) in [4.78, 5) is 19.0. The molecule has 2 heterocycles. The van der Waals surface area contributed by atoms with Crippen LogP contribution in [0, 0.1) is 0 Å². The molecule has 1 amide bonds. The number of ether oxygens (including phenoxy) is 1. The van der Waals surface area contributed by atoms with Crippen LogP contribution in [-0.2, 0) is 11.3 Å². The van der Waals surface area contributed by atoms with Gasteiger partial charge in [0.15, 0.2) is 11.7 Å². The van der Waals surface area contributed by atoms with Gasteiger partial charge in [0.2, 0.25) is 0 Å². The van der Waals surface area contributed by atoms with Gasteiger partial charge in [0.05, 0.1) is 22.5 Å². The zero-order chi connectivity index (χ0) is 18.6. The number of furan rings is 1. The minimum absolute atomic E-state index is 0.103. The van der Waals surface area contributed by atoms with Gasteiger partial charge in [0.1, 0.15) is 17.0 Å². The van der Waals surface area contributed by atoms with E-state index in [-0.39, 0.29) is 19.1 Å². The number of nitrogens with zero attached hydrogens (tertiary/aromatic N) is 2. The minimum atomic E-state index is -0.217. The van der Waals surface area contributed by atoms with Crippen molar-refractivity contribution in [3.8, 4) is 5.75 Å². The second-order valence-electron chi connectivity index (χ2n) is 5.74. The van der Waals surface area contributed by atoms with Crippen molar-refractivity contribution in [2.75, 3.05) is 11.5 Å². The van der Waals surface area contributed by atoms with Gasteiger partial charge in [-0.1, -0.05) is 47.2 Å². The Morgan fingerprint density at radius 1 is 1.11 bits per heavy atom. The number of carbonyl (C=O) groups excluding carboxylic acids is 1. The second kappa shape index (κ2) is 7.82. The van der Waals surface area contributed by atoms with Gasteiger partial charge in [-0.3, -0.25) is 9.69 Å². The summed E-state index contributed by atoms with van der Waals surface area (Å²) in [6, 6.07) is 18.4. The van der Waals surface area contributed by atoms with Crippen LogP contribution in [0.4, 0.5) is 5.13 Å². The Bertz CT molecular complexity index is 1050. The fourth-order valence-corrected chi connectivity index (χ4v) is 3.86. The molecule has 0 aliphatic rings. The molecule has 4 rings (SSSR count). The van der Waals surface area contributed by atoms with Gasteiger partial charge in [-0.25, -0.2) is 4.98 Å². The maximum absolute atomic E-state index is 12.9. The molecule has 0 radical (unpaired) electrons. The highest BCUT2D eigenvalue weighted by Gasteiger charge is 2.22. The lowest BCUT2D eigenvalue weighted by molar-refractivity contribution is -0.120. The zero-order valence-electron chi connectivity index (χ0n) is 14.2. The Labute approximate surface area is 164 Å². The Morgan fingerprint density at radius 2 is 1.96 bits per heavy atom. The van der Waals surface area contributed by atoms with Crippen molar-refractivity contribution in [1.82, 2.24) is 4.98 Å². The first-order chi connectivity index (χ1) is 13.2. The fourth-order valence-electron chi connectivity index (χ4n) is 2.58. The molecule has 0 fully saturated rings. The largest absolute Gasteiger partial charge is 0.484 e. The zero-order valence-corrected chi connectivity index (χ0v) is 15.7. The van der Waals surface area contributed by atoms with E-state index in [1.54, 1.807) is 23.3 Å². The van der Waals surface area contributed by atoms with Crippen LogP contribution >= 0.6 is 22.9 Å². The molecule has 0 aliphatic carbocycles. The topological polar surface area (TPSA) is 55.6 Å². The van der Waals surface area contributed by atoms with Gasteiger partial charge in [0.25, 0.3) is 5.91 Å². The molecular formula is C20H15ClN2O3S. The maximum Gasteiger partial charge on any atom is 0.267 e. The lowest BCUT2D eigenvalue weighted by Gasteiger charge is -2.19. The molecule has 0 N–H and O–H groups in total. The number of fused-ring (bicyclic) bond motifs is 1. The molecule has 27 heavy (non-hydrogen) atoms. The standard InChI is InChI=1S/C20H15ClN2O3S/c21-16-9-4-10-17-19(16)22-20(27-17)23(12-15-8-5-11-25-15)18(24)13-26-14-6-2-1-3-7-14/h1-11H,12-13H2. The van der Waals surface area contributed by atoms with E-state index in [9.17, 15) is 4.79 Å². The van der Waals surface area contributed by atoms with Crippen molar-refractivity contribution in [2.24, 2.45) is 0 Å². The SMILES string of the molecule is O=C(COc1ccccc1)N(Cc1ccco1)c1nc2c(Cl)cccc2s1. The van der Waals surface area contributed by atoms with Crippen LogP contribution < -0.4 is 9.64 Å². The third kappa shape index (κ3) is 3.97. The van der Waals surface area contributed by atoms with Crippen LogP contribution in [0.1, 0.15) is 5.76 Å². The Kier molecular flexibility index (Phi) is 5.09. The minimum Gasteiger partial charge on any atom is -0.484 e. The molecule has 0 spiro atoms. The van der Waals surface area contributed by atoms with E-state index < -0.39 is 0 Å². The molecule has 136 valence electrons. The molecule has 0 saturated carbocycles. The van der Waals surface area contributed by atoms with Gasteiger partial charge in [-0.05, 0) is 36.4 Å². The predicted octanol–water partition coefficient (Wildman–Crippen LogP) is 5.15. The maximum atomic E-state index is 12.9. The highest BCUT2D eigenvalue weighted by molar-refractivity contribution is 7.22. The Balaban J connectivity index is 1.61. The molecule has 5 nitrogen and oxygen atoms in total. The number of hydrogen-bond donors (Lipinski definition) is 0. The van der Waals surface area contributed by atoms with Gasteiger partial charge in [-0.15, -0.1) is 0 Å². The first-order valence-electron chi connectivity index (χ1n) is 8.26. The molecule has 0 bridgehead atoms. The van der Waals surface area contributed by atoms with Gasteiger partial charge >= 0.3 is 0 Å². The summed E-state index contributed by atoms with van der Waals surface area (Å²) in [6.45, 7) is 0.163. The highest BCUT2D eigenvalue weighted by atomic mass is 35.5. The number of halogens is 1. The van der Waals surface area contributed by atoms with Crippen LogP contribution in [0.5, 0.6) is 5.75 Å². The monoisotopic (exact) mass is 398 g/mol. The van der Waals surface area contributed by atoms with Crippen LogP contribution in [-0.4, -0.2) is 17.5 Å². The third-order valence-electron chi connectivity index (χ3n) is 3.89. The van der Waals surface area contributed by atoms with E-state index in [4.69, 9.17) is 20.8 Å². The van der Waals surface area contributed by atoms with Crippen LogP contribution in [0.3, 0.4) is 0 Å². The van der Waals surface area contributed by atoms with E-state index in [0.717, 1.165) is 4.70 Å². The fraction of sp³-hybridized carbons (Fsp3) is 0.100. The van der Waals surface area contributed by atoms with Crippen LogP contribution in [0.2, 0.25) is 5.02 Å². The summed E-state index contributed by atoms with van der Waals surface area (Å²) in [5.41, 5.74) is 0.681. The van der Waals surface area contributed by atoms with Gasteiger partial charge < -0.3 is 9.15 Å². The molecule has 7 heteroatoms. The summed E-state index contributed by atoms with van der Waals surface area (Å²) in [5, 5.41) is 1.11. The van der Waals surface area contributed by atoms with Crippen molar-refractivity contribution in [2.45, 2.75) is 6.54 Å². The summed E-state index contributed by atoms with van der Waals surface area (Å²) >= 11 is 7.64. The number of carbonyl (C=O) groups is 1. The number of thiazole rings is 1. The normalized spacial score (nSPS) is 10.9. The third-order valence-corrected chi connectivity index (χ3v) is 5.24. The quantitative estimate of drug-likeness (QED) is 0.450. The smallest absolute Gasteiger partial charge is 0.267 e. The number of para-hydroxylation sites is 2. The van der Waals surface area contributed by atoms with Crippen molar-refractivity contribution >= 4 is 44.2 Å². The average molecular weight is 399 g/mol. The van der Waals surface area contributed by atoms with E-state index in [1.165, 1.54) is 11.3 Å². The number of hydrogen-bond acceptors (Lipinski definition) is 5. The van der Waals surface area contributed by atoms with E-state index in [2.05, 4.69) is 4.98 Å². The molecule has 0 saturated heterocycles. The second-order valence-corrected chi connectivity index (χ2v) is 7.16. The average Bonchev–Trinajstić information content (AvgIpc) is 3.35. The summed E-state index contributed by atoms with van der Waals surface area (Å²) < 4.78 is 11.9. The van der Waals surface area contributed by atoms with Crippen molar-refractivity contribution < 1.29 is 13.9 Å². The summed E-state index contributed by atoms with van der Waals surface area (Å²) in [7, 11) is 0. The van der Waals surface area contributed by atoms with Crippen LogP contribution in [0.15, 0.2) is 71.3 Å². The molecule has 4 aromatic rings. The summed E-state index contributed by atoms with van der Waals surface area (Å²) in [5.74, 6) is 1.08. The first-order valence-corrected chi connectivity index (χ1v) is 9.46. The number of anilines is 1.